The number of aromatic amines is 1. The first kappa shape index (κ1) is 12.7. The van der Waals surface area contributed by atoms with Crippen LogP contribution in [0.3, 0.4) is 0 Å². The normalized spacial score (nSPS) is 10.9. The molecule has 0 radical (unpaired) electrons. The van der Waals surface area contributed by atoms with Gasteiger partial charge in [-0.1, -0.05) is 11.6 Å². The standard InChI is InChI=1S/C13H11ClN4O2/c1-8-6-9(14)2-3-10(8)20-7-11-16-13-15-5-4-12(19)18(13)17-11/h2-6H,7H2,1H3,(H,15,16,17). The molecule has 20 heavy (non-hydrogen) atoms. The summed E-state index contributed by atoms with van der Waals surface area (Å²) in [5.74, 6) is 1.56. The van der Waals surface area contributed by atoms with Crippen molar-refractivity contribution in [3.63, 3.8) is 0 Å². The van der Waals surface area contributed by atoms with Crippen LogP contribution < -0.4 is 10.3 Å². The molecule has 0 aliphatic heterocycles. The van der Waals surface area contributed by atoms with Crippen molar-refractivity contribution in [1.29, 1.82) is 0 Å². The molecule has 102 valence electrons. The number of halogens is 1. The van der Waals surface area contributed by atoms with Crippen LogP contribution >= 0.6 is 11.6 Å². The van der Waals surface area contributed by atoms with Crippen molar-refractivity contribution in [3.05, 3.63) is 57.2 Å². The predicted octanol–water partition coefficient (Wildman–Crippen LogP) is 1.96. The van der Waals surface area contributed by atoms with E-state index in [2.05, 4.69) is 15.1 Å². The van der Waals surface area contributed by atoms with Gasteiger partial charge < -0.3 is 4.74 Å². The van der Waals surface area contributed by atoms with Gasteiger partial charge >= 0.3 is 0 Å². The summed E-state index contributed by atoms with van der Waals surface area (Å²) in [6, 6.07) is 6.74. The van der Waals surface area contributed by atoms with Crippen LogP contribution in [-0.2, 0) is 6.61 Å². The van der Waals surface area contributed by atoms with Crippen LogP contribution in [0.15, 0.2) is 35.3 Å². The largest absolute Gasteiger partial charge is 0.485 e. The second-order valence-electron chi connectivity index (χ2n) is 4.29. The number of nitrogens with one attached hydrogen (secondary N) is 1. The average molecular weight is 291 g/mol. The Bertz CT molecular complexity index is 825. The molecular formula is C13H11ClN4O2. The highest BCUT2D eigenvalue weighted by atomic mass is 35.5. The zero-order valence-corrected chi connectivity index (χ0v) is 11.4. The van der Waals surface area contributed by atoms with Crippen LogP contribution in [-0.4, -0.2) is 19.6 Å². The molecule has 3 rings (SSSR count). The molecule has 0 aliphatic carbocycles. The lowest BCUT2D eigenvalue weighted by atomic mass is 10.2. The minimum atomic E-state index is -0.212. The van der Waals surface area contributed by atoms with Crippen molar-refractivity contribution in [3.8, 4) is 5.75 Å². The average Bonchev–Trinajstić information content (AvgIpc) is 2.82. The Hall–Kier alpha value is -2.34. The molecule has 7 heteroatoms. The Morgan fingerprint density at radius 2 is 2.25 bits per heavy atom. The number of H-pyrrole nitrogens is 1. The van der Waals surface area contributed by atoms with Crippen LogP contribution in [0.1, 0.15) is 11.4 Å². The maximum atomic E-state index is 11.6. The first-order valence-electron chi connectivity index (χ1n) is 5.95. The van der Waals surface area contributed by atoms with E-state index in [9.17, 15) is 4.79 Å². The van der Waals surface area contributed by atoms with E-state index in [1.807, 2.05) is 13.0 Å². The van der Waals surface area contributed by atoms with Gasteiger partial charge in [0.15, 0.2) is 5.82 Å². The van der Waals surface area contributed by atoms with Gasteiger partial charge in [0.1, 0.15) is 12.4 Å². The van der Waals surface area contributed by atoms with Crippen molar-refractivity contribution in [2.45, 2.75) is 13.5 Å². The monoisotopic (exact) mass is 290 g/mol. The van der Waals surface area contributed by atoms with Crippen molar-refractivity contribution >= 4 is 17.4 Å². The van der Waals surface area contributed by atoms with Crippen molar-refractivity contribution < 1.29 is 4.74 Å². The highest BCUT2D eigenvalue weighted by Gasteiger charge is 2.06. The molecule has 6 nitrogen and oxygen atoms in total. The van der Waals surface area contributed by atoms with Crippen LogP contribution in [0.4, 0.5) is 0 Å². The first-order valence-corrected chi connectivity index (χ1v) is 6.33. The maximum absolute atomic E-state index is 11.6. The van der Waals surface area contributed by atoms with Crippen LogP contribution in [0.2, 0.25) is 5.02 Å². The van der Waals surface area contributed by atoms with Crippen LogP contribution in [0.25, 0.3) is 5.78 Å². The van der Waals surface area contributed by atoms with Crippen LogP contribution in [0.5, 0.6) is 5.75 Å². The lowest BCUT2D eigenvalue weighted by Gasteiger charge is -2.07. The van der Waals surface area contributed by atoms with E-state index in [4.69, 9.17) is 16.3 Å². The highest BCUT2D eigenvalue weighted by molar-refractivity contribution is 6.30. The molecule has 0 aliphatic rings. The zero-order valence-electron chi connectivity index (χ0n) is 10.6. The molecule has 0 bridgehead atoms. The van der Waals surface area contributed by atoms with Crippen molar-refractivity contribution in [2.75, 3.05) is 0 Å². The molecule has 2 aromatic heterocycles. The number of rotatable bonds is 3. The van der Waals surface area contributed by atoms with Gasteiger partial charge in [0, 0.05) is 17.3 Å². The molecule has 3 aromatic rings. The molecule has 0 saturated heterocycles. The van der Waals surface area contributed by atoms with Gasteiger partial charge in [0.2, 0.25) is 0 Å². The summed E-state index contributed by atoms with van der Waals surface area (Å²) in [6.07, 6.45) is 1.42. The van der Waals surface area contributed by atoms with Gasteiger partial charge in [0.05, 0.1) is 0 Å². The molecule has 2 heterocycles. The molecular weight excluding hydrogens is 280 g/mol. The number of hydrogen-bond donors (Lipinski definition) is 1. The lowest BCUT2D eigenvalue weighted by Crippen LogP contribution is -2.13. The van der Waals surface area contributed by atoms with Crippen molar-refractivity contribution in [2.24, 2.45) is 0 Å². The smallest absolute Gasteiger partial charge is 0.273 e. The Balaban J connectivity index is 1.83. The first-order chi connectivity index (χ1) is 9.63. The van der Waals surface area contributed by atoms with E-state index >= 15 is 0 Å². The summed E-state index contributed by atoms with van der Waals surface area (Å²) in [4.78, 5) is 19.7. The molecule has 1 N–H and O–H groups in total. The van der Waals surface area contributed by atoms with E-state index in [-0.39, 0.29) is 12.2 Å². The highest BCUT2D eigenvalue weighted by Crippen LogP contribution is 2.22. The maximum Gasteiger partial charge on any atom is 0.273 e. The number of ether oxygens (including phenoxy) is 1. The summed E-state index contributed by atoms with van der Waals surface area (Å²) in [5.41, 5.74) is 0.723. The molecule has 0 atom stereocenters. The van der Waals surface area contributed by atoms with Gasteiger partial charge in [-0.3, -0.25) is 9.89 Å². The third-order valence-corrected chi connectivity index (χ3v) is 3.04. The summed E-state index contributed by atoms with van der Waals surface area (Å²) >= 11 is 5.88. The molecule has 0 saturated carbocycles. The SMILES string of the molecule is Cc1cc(Cl)ccc1OCc1nc2nccc(=O)n2[nH]1. The minimum Gasteiger partial charge on any atom is -0.485 e. The minimum absolute atomic E-state index is 0.212. The third-order valence-electron chi connectivity index (χ3n) is 2.80. The van der Waals surface area contributed by atoms with Gasteiger partial charge in [-0.2, -0.15) is 9.50 Å². The lowest BCUT2D eigenvalue weighted by molar-refractivity contribution is 0.294. The number of aryl methyl sites for hydroxylation is 1. The summed E-state index contributed by atoms with van der Waals surface area (Å²) in [5, 5.41) is 3.51. The van der Waals surface area contributed by atoms with Gasteiger partial charge in [-0.05, 0) is 30.7 Å². The Morgan fingerprint density at radius 1 is 1.40 bits per heavy atom. The zero-order chi connectivity index (χ0) is 14.1. The number of aromatic nitrogens is 4. The number of benzene rings is 1. The molecule has 1 aromatic carbocycles. The number of nitrogens with zero attached hydrogens (tertiary/aromatic N) is 3. The molecule has 0 amide bonds. The van der Waals surface area contributed by atoms with E-state index in [1.165, 1.54) is 16.8 Å². The summed E-state index contributed by atoms with van der Waals surface area (Å²) in [6.45, 7) is 2.12. The summed E-state index contributed by atoms with van der Waals surface area (Å²) < 4.78 is 6.92. The quantitative estimate of drug-likeness (QED) is 0.800. The molecule has 0 spiro atoms. The second kappa shape index (κ2) is 4.97. The van der Waals surface area contributed by atoms with Gasteiger partial charge in [-0.15, -0.1) is 0 Å². The van der Waals surface area contributed by atoms with E-state index in [0.717, 1.165) is 11.3 Å². The van der Waals surface area contributed by atoms with Gasteiger partial charge in [0.25, 0.3) is 11.3 Å². The van der Waals surface area contributed by atoms with Crippen molar-refractivity contribution in [1.82, 2.24) is 19.6 Å². The van der Waals surface area contributed by atoms with Crippen LogP contribution in [0, 0.1) is 6.92 Å². The topological polar surface area (TPSA) is 72.3 Å². The Labute approximate surface area is 119 Å². The second-order valence-corrected chi connectivity index (χ2v) is 4.72. The fraction of sp³-hybridized carbons (Fsp3) is 0.154. The third kappa shape index (κ3) is 2.37. The van der Waals surface area contributed by atoms with Gasteiger partial charge in [-0.25, -0.2) is 4.98 Å². The Morgan fingerprint density at radius 3 is 3.00 bits per heavy atom. The number of fused-ring (bicyclic) bond motifs is 1. The van der Waals surface area contributed by atoms with E-state index in [0.29, 0.717) is 16.6 Å². The Kier molecular flexibility index (Phi) is 3.15. The number of hydrogen-bond acceptors (Lipinski definition) is 4. The summed E-state index contributed by atoms with van der Waals surface area (Å²) in [7, 11) is 0. The molecule has 0 fully saturated rings. The fourth-order valence-corrected chi connectivity index (χ4v) is 2.07. The van der Waals surface area contributed by atoms with E-state index < -0.39 is 0 Å². The van der Waals surface area contributed by atoms with E-state index in [1.54, 1.807) is 12.1 Å². The predicted molar refractivity (Wildman–Crippen MR) is 74.1 cm³/mol. The molecule has 0 unspecified atom stereocenters. The fourth-order valence-electron chi connectivity index (χ4n) is 1.84.